The highest BCUT2D eigenvalue weighted by Gasteiger charge is 2.07. The average Bonchev–Trinajstić information content (AvgIpc) is 2.53. The number of nitrogens with one attached hydrogen (secondary N) is 1. The molecule has 2 rings (SSSR count). The molecule has 2 aromatic rings. The minimum Gasteiger partial charge on any atom is -0.493 e. The normalized spacial score (nSPS) is 11.9. The predicted octanol–water partition coefficient (Wildman–Crippen LogP) is 2.95. The van der Waals surface area contributed by atoms with Crippen LogP contribution in [0.15, 0.2) is 42.7 Å². The van der Waals surface area contributed by atoms with Crippen LogP contribution in [0.5, 0.6) is 11.5 Å². The van der Waals surface area contributed by atoms with E-state index in [4.69, 9.17) is 9.47 Å². The Morgan fingerprint density at radius 3 is 2.40 bits per heavy atom. The first kappa shape index (κ1) is 14.3. The number of benzene rings is 1. The molecule has 1 atom stereocenters. The SMILES string of the molecule is COc1ccc(CN[C@@H](C)c2ccncc2)cc1OC. The number of ether oxygens (including phenoxy) is 2. The molecule has 1 heterocycles. The van der Waals surface area contributed by atoms with Crippen LogP contribution in [0.1, 0.15) is 24.1 Å². The quantitative estimate of drug-likeness (QED) is 0.878. The van der Waals surface area contributed by atoms with Crippen molar-refractivity contribution in [3.05, 3.63) is 53.9 Å². The Hall–Kier alpha value is -2.07. The fourth-order valence-corrected chi connectivity index (χ4v) is 2.03. The summed E-state index contributed by atoms with van der Waals surface area (Å²) in [5.41, 5.74) is 2.38. The van der Waals surface area contributed by atoms with Gasteiger partial charge >= 0.3 is 0 Å². The fourth-order valence-electron chi connectivity index (χ4n) is 2.03. The first-order chi connectivity index (χ1) is 9.74. The van der Waals surface area contributed by atoms with Gasteiger partial charge in [0.15, 0.2) is 11.5 Å². The fraction of sp³-hybridized carbons (Fsp3) is 0.312. The maximum atomic E-state index is 5.31. The third-order valence-corrected chi connectivity index (χ3v) is 3.27. The second kappa shape index (κ2) is 6.91. The molecule has 0 saturated heterocycles. The highest BCUT2D eigenvalue weighted by Crippen LogP contribution is 2.27. The zero-order valence-electron chi connectivity index (χ0n) is 12.1. The van der Waals surface area contributed by atoms with Gasteiger partial charge in [0.05, 0.1) is 14.2 Å². The van der Waals surface area contributed by atoms with Gasteiger partial charge in [0.1, 0.15) is 0 Å². The summed E-state index contributed by atoms with van der Waals surface area (Å²) in [6.07, 6.45) is 3.62. The maximum absolute atomic E-state index is 5.31. The third kappa shape index (κ3) is 3.48. The van der Waals surface area contributed by atoms with E-state index in [1.807, 2.05) is 42.7 Å². The van der Waals surface area contributed by atoms with E-state index in [1.54, 1.807) is 14.2 Å². The van der Waals surface area contributed by atoms with Gasteiger partial charge in [0.25, 0.3) is 0 Å². The summed E-state index contributed by atoms with van der Waals surface area (Å²) in [4.78, 5) is 4.03. The van der Waals surface area contributed by atoms with Crippen molar-refractivity contribution in [1.82, 2.24) is 10.3 Å². The van der Waals surface area contributed by atoms with Crippen LogP contribution >= 0.6 is 0 Å². The molecule has 0 saturated carbocycles. The topological polar surface area (TPSA) is 43.4 Å². The van der Waals surface area contributed by atoms with Gasteiger partial charge in [-0.2, -0.15) is 0 Å². The maximum Gasteiger partial charge on any atom is 0.161 e. The highest BCUT2D eigenvalue weighted by molar-refractivity contribution is 5.42. The van der Waals surface area contributed by atoms with Gasteiger partial charge in [-0.3, -0.25) is 4.98 Å². The number of methoxy groups -OCH3 is 2. The predicted molar refractivity (Wildman–Crippen MR) is 79.0 cm³/mol. The van der Waals surface area contributed by atoms with Gasteiger partial charge in [0.2, 0.25) is 0 Å². The molecule has 0 radical (unpaired) electrons. The molecule has 0 fully saturated rings. The number of rotatable bonds is 6. The average molecular weight is 272 g/mol. The van der Waals surface area contributed by atoms with Crippen LogP contribution in [-0.2, 0) is 6.54 Å². The molecule has 4 heteroatoms. The van der Waals surface area contributed by atoms with Gasteiger partial charge in [-0.05, 0) is 42.3 Å². The summed E-state index contributed by atoms with van der Waals surface area (Å²) < 4.78 is 10.5. The molecule has 0 amide bonds. The summed E-state index contributed by atoms with van der Waals surface area (Å²) in [5.74, 6) is 1.50. The standard InChI is InChI=1S/C16H20N2O2/c1-12(14-6-8-17-9-7-14)18-11-13-4-5-15(19-2)16(10-13)20-3/h4-10,12,18H,11H2,1-3H3/t12-/m0/s1. The Kier molecular flexibility index (Phi) is 4.96. The van der Waals surface area contributed by atoms with Crippen molar-refractivity contribution in [3.8, 4) is 11.5 Å². The second-order valence-corrected chi connectivity index (χ2v) is 4.57. The second-order valence-electron chi connectivity index (χ2n) is 4.57. The lowest BCUT2D eigenvalue weighted by Gasteiger charge is -2.15. The Labute approximate surface area is 119 Å². The molecular weight excluding hydrogens is 252 g/mol. The van der Waals surface area contributed by atoms with Crippen molar-refractivity contribution in [2.75, 3.05) is 14.2 Å². The molecular formula is C16H20N2O2. The molecule has 0 bridgehead atoms. The van der Waals surface area contributed by atoms with Crippen LogP contribution in [0.4, 0.5) is 0 Å². The van der Waals surface area contributed by atoms with E-state index in [9.17, 15) is 0 Å². The Balaban J connectivity index is 2.00. The minimum absolute atomic E-state index is 0.270. The third-order valence-electron chi connectivity index (χ3n) is 3.27. The molecule has 0 spiro atoms. The molecule has 106 valence electrons. The zero-order chi connectivity index (χ0) is 14.4. The lowest BCUT2D eigenvalue weighted by Crippen LogP contribution is -2.18. The summed E-state index contributed by atoms with van der Waals surface area (Å²) in [7, 11) is 3.29. The van der Waals surface area contributed by atoms with Crippen molar-refractivity contribution in [1.29, 1.82) is 0 Å². The number of pyridine rings is 1. The van der Waals surface area contributed by atoms with Crippen LogP contribution in [-0.4, -0.2) is 19.2 Å². The van der Waals surface area contributed by atoms with E-state index < -0.39 is 0 Å². The summed E-state index contributed by atoms with van der Waals surface area (Å²) in [6.45, 7) is 2.90. The van der Waals surface area contributed by atoms with Gasteiger partial charge in [-0.25, -0.2) is 0 Å². The zero-order valence-corrected chi connectivity index (χ0v) is 12.1. The van der Waals surface area contributed by atoms with Crippen LogP contribution in [0, 0.1) is 0 Å². The van der Waals surface area contributed by atoms with Crippen LogP contribution in [0.25, 0.3) is 0 Å². The Morgan fingerprint density at radius 2 is 1.75 bits per heavy atom. The van der Waals surface area contributed by atoms with Crippen molar-refractivity contribution >= 4 is 0 Å². The number of hydrogen-bond donors (Lipinski definition) is 1. The molecule has 20 heavy (non-hydrogen) atoms. The highest BCUT2D eigenvalue weighted by atomic mass is 16.5. The van der Waals surface area contributed by atoms with Crippen molar-refractivity contribution in [2.45, 2.75) is 19.5 Å². The van der Waals surface area contributed by atoms with Crippen molar-refractivity contribution < 1.29 is 9.47 Å². The van der Waals surface area contributed by atoms with E-state index in [0.29, 0.717) is 0 Å². The van der Waals surface area contributed by atoms with Crippen LogP contribution in [0.3, 0.4) is 0 Å². The minimum atomic E-state index is 0.270. The lowest BCUT2D eigenvalue weighted by atomic mass is 10.1. The first-order valence-corrected chi connectivity index (χ1v) is 6.59. The summed E-state index contributed by atoms with van der Waals surface area (Å²) in [6, 6.07) is 10.3. The van der Waals surface area contributed by atoms with Gasteiger partial charge in [-0.15, -0.1) is 0 Å². The smallest absolute Gasteiger partial charge is 0.161 e. The van der Waals surface area contributed by atoms with Crippen LogP contribution < -0.4 is 14.8 Å². The number of hydrogen-bond acceptors (Lipinski definition) is 4. The summed E-state index contributed by atoms with van der Waals surface area (Å²) >= 11 is 0. The number of nitrogens with zero attached hydrogens (tertiary/aromatic N) is 1. The van der Waals surface area contributed by atoms with E-state index in [-0.39, 0.29) is 6.04 Å². The molecule has 0 aliphatic carbocycles. The van der Waals surface area contributed by atoms with Gasteiger partial charge < -0.3 is 14.8 Å². The molecule has 0 aliphatic rings. The van der Waals surface area contributed by atoms with E-state index in [0.717, 1.165) is 23.6 Å². The van der Waals surface area contributed by atoms with Crippen molar-refractivity contribution in [3.63, 3.8) is 0 Å². The van der Waals surface area contributed by atoms with Crippen molar-refractivity contribution in [2.24, 2.45) is 0 Å². The monoisotopic (exact) mass is 272 g/mol. The van der Waals surface area contributed by atoms with E-state index >= 15 is 0 Å². The number of aromatic nitrogens is 1. The largest absolute Gasteiger partial charge is 0.493 e. The van der Waals surface area contributed by atoms with Gasteiger partial charge in [0, 0.05) is 25.0 Å². The Morgan fingerprint density at radius 1 is 1.05 bits per heavy atom. The molecule has 1 aromatic heterocycles. The van der Waals surface area contributed by atoms with E-state index in [1.165, 1.54) is 5.56 Å². The molecule has 1 aromatic carbocycles. The molecule has 0 unspecified atom stereocenters. The molecule has 4 nitrogen and oxygen atoms in total. The van der Waals surface area contributed by atoms with Crippen LogP contribution in [0.2, 0.25) is 0 Å². The van der Waals surface area contributed by atoms with E-state index in [2.05, 4.69) is 17.2 Å². The summed E-state index contributed by atoms with van der Waals surface area (Å²) in [5, 5.41) is 3.48. The molecule has 1 N–H and O–H groups in total. The van der Waals surface area contributed by atoms with Gasteiger partial charge in [-0.1, -0.05) is 6.07 Å². The first-order valence-electron chi connectivity index (χ1n) is 6.59. The lowest BCUT2D eigenvalue weighted by molar-refractivity contribution is 0.354. The Bertz CT molecular complexity index is 543. The molecule has 0 aliphatic heterocycles.